The van der Waals surface area contributed by atoms with Crippen molar-refractivity contribution in [3.63, 3.8) is 0 Å². The summed E-state index contributed by atoms with van der Waals surface area (Å²) in [5.41, 5.74) is 1.87. The Bertz CT molecular complexity index is 952. The van der Waals surface area contributed by atoms with Crippen LogP contribution in [0.25, 0.3) is 6.08 Å². The van der Waals surface area contributed by atoms with E-state index in [0.29, 0.717) is 22.9 Å². The highest BCUT2D eigenvalue weighted by Gasteiger charge is 2.17. The molecule has 1 aliphatic heterocycles. The second-order valence-electron chi connectivity index (χ2n) is 6.27. The Morgan fingerprint density at radius 1 is 1.00 bits per heavy atom. The van der Waals surface area contributed by atoms with Gasteiger partial charge in [0, 0.05) is 24.4 Å². The molecule has 1 aliphatic rings. The van der Waals surface area contributed by atoms with E-state index < -0.39 is 18.0 Å². The number of fused-ring (bicyclic) bond motifs is 1. The third-order valence-electron chi connectivity index (χ3n) is 3.94. The maximum absolute atomic E-state index is 12.2. The molecule has 0 bridgehead atoms. The average Bonchev–Trinajstić information content (AvgIpc) is 3.15. The number of amides is 2. The maximum atomic E-state index is 12.2. The van der Waals surface area contributed by atoms with E-state index in [1.807, 2.05) is 0 Å². The summed E-state index contributed by atoms with van der Waals surface area (Å²) in [5.74, 6) is -0.0394. The zero-order valence-corrected chi connectivity index (χ0v) is 15.9. The Balaban J connectivity index is 1.51. The zero-order chi connectivity index (χ0) is 20.8. The second-order valence-corrected chi connectivity index (χ2v) is 6.27. The van der Waals surface area contributed by atoms with Gasteiger partial charge in [-0.15, -0.1) is 0 Å². The van der Waals surface area contributed by atoms with Crippen LogP contribution < -0.4 is 20.1 Å². The van der Waals surface area contributed by atoms with Gasteiger partial charge in [-0.3, -0.25) is 9.59 Å². The summed E-state index contributed by atoms with van der Waals surface area (Å²) < 4.78 is 15.6. The second kappa shape index (κ2) is 8.92. The number of carbonyl (C=O) groups excluding carboxylic acids is 3. The third-order valence-corrected chi connectivity index (χ3v) is 3.94. The van der Waals surface area contributed by atoms with Gasteiger partial charge in [-0.25, -0.2) is 4.79 Å². The molecule has 2 aromatic rings. The van der Waals surface area contributed by atoms with Gasteiger partial charge < -0.3 is 24.8 Å². The van der Waals surface area contributed by atoms with Crippen molar-refractivity contribution < 1.29 is 28.6 Å². The molecule has 0 fully saturated rings. The average molecular weight is 396 g/mol. The van der Waals surface area contributed by atoms with E-state index in [9.17, 15) is 14.4 Å². The van der Waals surface area contributed by atoms with Crippen LogP contribution in [0.1, 0.15) is 19.4 Å². The Hall–Kier alpha value is -3.81. The number of ether oxygens (including phenoxy) is 3. The van der Waals surface area contributed by atoms with Crippen LogP contribution in [0.5, 0.6) is 11.5 Å². The summed E-state index contributed by atoms with van der Waals surface area (Å²) in [4.78, 5) is 35.2. The van der Waals surface area contributed by atoms with E-state index in [1.165, 1.54) is 19.9 Å². The number of esters is 1. The van der Waals surface area contributed by atoms with Crippen molar-refractivity contribution in [1.29, 1.82) is 0 Å². The lowest BCUT2D eigenvalue weighted by Crippen LogP contribution is -2.29. The molecule has 0 saturated carbocycles. The van der Waals surface area contributed by atoms with Gasteiger partial charge in [0.25, 0.3) is 5.91 Å². The first-order valence-electron chi connectivity index (χ1n) is 8.87. The highest BCUT2D eigenvalue weighted by molar-refractivity contribution is 5.97. The van der Waals surface area contributed by atoms with Crippen LogP contribution in [0.2, 0.25) is 0 Å². The molecule has 1 atom stereocenters. The molecule has 0 aliphatic carbocycles. The highest BCUT2D eigenvalue weighted by Crippen LogP contribution is 2.32. The summed E-state index contributed by atoms with van der Waals surface area (Å²) in [6, 6.07) is 11.9. The van der Waals surface area contributed by atoms with E-state index in [2.05, 4.69) is 10.6 Å². The van der Waals surface area contributed by atoms with Gasteiger partial charge in [-0.1, -0.05) is 6.07 Å². The van der Waals surface area contributed by atoms with Crippen LogP contribution in [0.15, 0.2) is 48.5 Å². The Morgan fingerprint density at radius 2 is 1.66 bits per heavy atom. The minimum atomic E-state index is -0.987. The van der Waals surface area contributed by atoms with Crippen LogP contribution in [0.3, 0.4) is 0 Å². The molecule has 8 heteroatoms. The Morgan fingerprint density at radius 3 is 2.34 bits per heavy atom. The SMILES string of the molecule is CC(=O)Nc1ccc(NC(=O)[C@H](C)OC(=O)/C=C/c2ccc3c(c2)OCO3)cc1. The molecule has 0 unspecified atom stereocenters. The minimum Gasteiger partial charge on any atom is -0.454 e. The smallest absolute Gasteiger partial charge is 0.331 e. The predicted molar refractivity (Wildman–Crippen MR) is 107 cm³/mol. The molecule has 0 spiro atoms. The first kappa shape index (κ1) is 19.9. The maximum Gasteiger partial charge on any atom is 0.331 e. The van der Waals surface area contributed by atoms with Gasteiger partial charge in [0.05, 0.1) is 0 Å². The summed E-state index contributed by atoms with van der Waals surface area (Å²) in [7, 11) is 0. The largest absolute Gasteiger partial charge is 0.454 e. The van der Waals surface area contributed by atoms with Gasteiger partial charge in [-0.05, 0) is 55.0 Å². The standard InChI is InChI=1S/C21H20N2O6/c1-13(21(26)23-17-7-5-16(6-8-17)22-14(2)24)29-20(25)10-4-15-3-9-18-19(11-15)28-12-27-18/h3-11,13H,12H2,1-2H3,(H,22,24)(H,23,26)/b10-4+/t13-/m0/s1. The van der Waals surface area contributed by atoms with Crippen molar-refractivity contribution in [1.82, 2.24) is 0 Å². The van der Waals surface area contributed by atoms with Gasteiger partial charge in [-0.2, -0.15) is 0 Å². The minimum absolute atomic E-state index is 0.174. The molecule has 2 N–H and O–H groups in total. The summed E-state index contributed by atoms with van der Waals surface area (Å²) in [5, 5.41) is 5.28. The molecule has 0 aromatic heterocycles. The van der Waals surface area contributed by atoms with Crippen molar-refractivity contribution in [2.75, 3.05) is 17.4 Å². The number of anilines is 2. The zero-order valence-electron chi connectivity index (χ0n) is 15.9. The number of carbonyl (C=O) groups is 3. The summed E-state index contributed by atoms with van der Waals surface area (Å²) in [6.07, 6.45) is 1.82. The molecule has 1 heterocycles. The van der Waals surface area contributed by atoms with Crippen LogP contribution in [0, 0.1) is 0 Å². The molecule has 8 nitrogen and oxygen atoms in total. The quantitative estimate of drug-likeness (QED) is 0.575. The van der Waals surface area contributed by atoms with Gasteiger partial charge >= 0.3 is 5.97 Å². The normalized spacial score (nSPS) is 13.0. The van der Waals surface area contributed by atoms with Crippen LogP contribution in [-0.4, -0.2) is 30.7 Å². The van der Waals surface area contributed by atoms with Gasteiger partial charge in [0.2, 0.25) is 12.7 Å². The van der Waals surface area contributed by atoms with E-state index in [1.54, 1.807) is 48.5 Å². The summed E-state index contributed by atoms with van der Waals surface area (Å²) >= 11 is 0. The number of hydrogen-bond donors (Lipinski definition) is 2. The van der Waals surface area contributed by atoms with Gasteiger partial charge in [0.15, 0.2) is 17.6 Å². The lowest BCUT2D eigenvalue weighted by atomic mass is 10.2. The van der Waals surface area contributed by atoms with E-state index >= 15 is 0 Å². The van der Waals surface area contributed by atoms with Crippen molar-refractivity contribution in [2.45, 2.75) is 20.0 Å². The van der Waals surface area contributed by atoms with Crippen molar-refractivity contribution in [3.05, 3.63) is 54.1 Å². The highest BCUT2D eigenvalue weighted by atomic mass is 16.7. The van der Waals surface area contributed by atoms with E-state index in [4.69, 9.17) is 14.2 Å². The first-order valence-corrected chi connectivity index (χ1v) is 8.87. The fourth-order valence-electron chi connectivity index (χ4n) is 2.53. The fourth-order valence-corrected chi connectivity index (χ4v) is 2.53. The van der Waals surface area contributed by atoms with Crippen molar-refractivity contribution >= 4 is 35.2 Å². The van der Waals surface area contributed by atoms with Crippen molar-refractivity contribution in [2.24, 2.45) is 0 Å². The molecule has 150 valence electrons. The Labute approximate surface area is 167 Å². The Kier molecular flexibility index (Phi) is 6.13. The molecule has 3 rings (SSSR count). The topological polar surface area (TPSA) is 103 Å². The summed E-state index contributed by atoms with van der Waals surface area (Å²) in [6.45, 7) is 3.06. The number of rotatable bonds is 6. The number of hydrogen-bond acceptors (Lipinski definition) is 6. The molecule has 29 heavy (non-hydrogen) atoms. The monoisotopic (exact) mass is 396 g/mol. The molecular formula is C21H20N2O6. The molecule has 0 saturated heterocycles. The number of nitrogens with one attached hydrogen (secondary N) is 2. The first-order chi connectivity index (χ1) is 13.9. The lowest BCUT2D eigenvalue weighted by molar-refractivity contribution is -0.148. The molecule has 2 aromatic carbocycles. The molecular weight excluding hydrogens is 376 g/mol. The van der Waals surface area contributed by atoms with Gasteiger partial charge in [0.1, 0.15) is 0 Å². The van der Waals surface area contributed by atoms with Crippen LogP contribution in [-0.2, 0) is 19.1 Å². The molecule has 2 amide bonds. The fraction of sp³-hybridized carbons (Fsp3) is 0.190. The third kappa shape index (κ3) is 5.58. The van der Waals surface area contributed by atoms with Crippen LogP contribution in [0.4, 0.5) is 11.4 Å². The molecule has 0 radical (unpaired) electrons. The lowest BCUT2D eigenvalue weighted by Gasteiger charge is -2.12. The predicted octanol–water partition coefficient (Wildman–Crippen LogP) is 2.96. The van der Waals surface area contributed by atoms with E-state index in [-0.39, 0.29) is 12.7 Å². The van der Waals surface area contributed by atoms with E-state index in [0.717, 1.165) is 5.56 Å². The van der Waals surface area contributed by atoms with Crippen LogP contribution >= 0.6 is 0 Å². The van der Waals surface area contributed by atoms with Crippen molar-refractivity contribution in [3.8, 4) is 11.5 Å². The number of benzene rings is 2.